The van der Waals surface area contributed by atoms with Gasteiger partial charge >= 0.3 is 0 Å². The number of halogens is 1. The number of nitrogens with zero attached hydrogens (tertiary/aromatic N) is 2. The zero-order valence-corrected chi connectivity index (χ0v) is 12.2. The molecule has 1 fully saturated rings. The summed E-state index contributed by atoms with van der Waals surface area (Å²) in [6.07, 6.45) is 0.576. The van der Waals surface area contributed by atoms with Crippen LogP contribution in [0.1, 0.15) is 23.7 Å². The molecule has 1 atom stereocenters. The van der Waals surface area contributed by atoms with E-state index in [0.717, 1.165) is 5.71 Å². The molecule has 6 heteroatoms. The molecule has 1 aromatic rings. The molecule has 1 saturated heterocycles. The van der Waals surface area contributed by atoms with Crippen LogP contribution in [0.2, 0.25) is 5.02 Å². The molecule has 1 aliphatic heterocycles. The Hall–Kier alpha value is -1.75. The van der Waals surface area contributed by atoms with Crippen LogP contribution < -0.4 is 4.74 Å². The minimum atomic E-state index is -0.117. The van der Waals surface area contributed by atoms with Gasteiger partial charge in [0.15, 0.2) is 0 Å². The van der Waals surface area contributed by atoms with Crippen LogP contribution in [0.15, 0.2) is 23.4 Å². The Bertz CT molecular complexity index is 545. The van der Waals surface area contributed by atoms with Gasteiger partial charge in [0.25, 0.3) is 5.91 Å². The van der Waals surface area contributed by atoms with Crippen LogP contribution in [0.3, 0.4) is 0 Å². The van der Waals surface area contributed by atoms with Crippen molar-refractivity contribution in [3.8, 4) is 5.75 Å². The SMILES string of the molecule is COc1ccc(Cl)cc1C(=O)N1CC/C(=N/O)C(C)C1. The van der Waals surface area contributed by atoms with Crippen molar-refractivity contribution in [2.45, 2.75) is 13.3 Å². The monoisotopic (exact) mass is 296 g/mol. The van der Waals surface area contributed by atoms with E-state index in [-0.39, 0.29) is 11.8 Å². The van der Waals surface area contributed by atoms with Gasteiger partial charge in [0.05, 0.1) is 18.4 Å². The molecule has 1 N–H and O–H groups in total. The summed E-state index contributed by atoms with van der Waals surface area (Å²) >= 11 is 5.95. The Balaban J connectivity index is 2.22. The van der Waals surface area contributed by atoms with Crippen LogP contribution in [-0.2, 0) is 0 Å². The molecule has 1 unspecified atom stereocenters. The number of hydrogen-bond acceptors (Lipinski definition) is 4. The molecule has 2 rings (SSSR count). The van der Waals surface area contributed by atoms with E-state index >= 15 is 0 Å². The van der Waals surface area contributed by atoms with Gasteiger partial charge < -0.3 is 14.8 Å². The molecule has 0 bridgehead atoms. The first-order valence-electron chi connectivity index (χ1n) is 6.40. The Labute approximate surface area is 122 Å². The highest BCUT2D eigenvalue weighted by Gasteiger charge is 2.28. The van der Waals surface area contributed by atoms with E-state index in [1.807, 2.05) is 6.92 Å². The number of rotatable bonds is 2. The van der Waals surface area contributed by atoms with E-state index in [1.54, 1.807) is 23.1 Å². The van der Waals surface area contributed by atoms with Gasteiger partial charge in [-0.3, -0.25) is 4.79 Å². The Morgan fingerprint density at radius 3 is 2.90 bits per heavy atom. The second-order valence-corrected chi connectivity index (χ2v) is 5.27. The highest BCUT2D eigenvalue weighted by atomic mass is 35.5. The number of ether oxygens (including phenoxy) is 1. The fraction of sp³-hybridized carbons (Fsp3) is 0.429. The molecule has 5 nitrogen and oxygen atoms in total. The number of amides is 1. The predicted molar refractivity (Wildman–Crippen MR) is 76.9 cm³/mol. The first-order chi connectivity index (χ1) is 9.56. The zero-order valence-electron chi connectivity index (χ0n) is 11.5. The van der Waals surface area contributed by atoms with Crippen molar-refractivity contribution < 1.29 is 14.7 Å². The largest absolute Gasteiger partial charge is 0.496 e. The summed E-state index contributed by atoms with van der Waals surface area (Å²) < 4.78 is 5.21. The van der Waals surface area contributed by atoms with Crippen LogP contribution >= 0.6 is 11.6 Å². The van der Waals surface area contributed by atoms with Crippen LogP contribution in [-0.4, -0.2) is 41.9 Å². The second-order valence-electron chi connectivity index (χ2n) is 4.84. The molecule has 1 aromatic carbocycles. The zero-order chi connectivity index (χ0) is 14.7. The molecule has 0 aliphatic carbocycles. The number of piperidine rings is 1. The van der Waals surface area contributed by atoms with Gasteiger partial charge in [-0.2, -0.15) is 0 Å². The number of carbonyl (C=O) groups is 1. The van der Waals surface area contributed by atoms with Crippen molar-refractivity contribution >= 4 is 23.2 Å². The van der Waals surface area contributed by atoms with Crippen LogP contribution in [0.5, 0.6) is 5.75 Å². The lowest BCUT2D eigenvalue weighted by atomic mass is 9.97. The number of oxime groups is 1. The van der Waals surface area contributed by atoms with E-state index < -0.39 is 0 Å². The minimum absolute atomic E-state index is 0.0443. The van der Waals surface area contributed by atoms with Gasteiger partial charge in [0.1, 0.15) is 5.75 Å². The molecular weight excluding hydrogens is 280 g/mol. The Kier molecular flexibility index (Phi) is 4.49. The molecule has 0 radical (unpaired) electrons. The summed E-state index contributed by atoms with van der Waals surface area (Å²) in [5.74, 6) is 0.435. The van der Waals surface area contributed by atoms with Gasteiger partial charge in [-0.1, -0.05) is 23.7 Å². The van der Waals surface area contributed by atoms with Gasteiger partial charge in [0, 0.05) is 30.5 Å². The van der Waals surface area contributed by atoms with E-state index in [2.05, 4.69) is 5.16 Å². The molecule has 1 amide bonds. The van der Waals surface area contributed by atoms with E-state index in [9.17, 15) is 4.79 Å². The van der Waals surface area contributed by atoms with Crippen molar-refractivity contribution in [1.82, 2.24) is 4.90 Å². The summed E-state index contributed by atoms with van der Waals surface area (Å²) in [6.45, 7) is 2.98. The van der Waals surface area contributed by atoms with Crippen molar-refractivity contribution in [3.63, 3.8) is 0 Å². The minimum Gasteiger partial charge on any atom is -0.496 e. The van der Waals surface area contributed by atoms with E-state index in [4.69, 9.17) is 21.5 Å². The molecule has 108 valence electrons. The van der Waals surface area contributed by atoms with Crippen molar-refractivity contribution in [3.05, 3.63) is 28.8 Å². The number of methoxy groups -OCH3 is 1. The fourth-order valence-electron chi connectivity index (χ4n) is 2.37. The Morgan fingerprint density at radius 2 is 2.30 bits per heavy atom. The van der Waals surface area contributed by atoms with Crippen molar-refractivity contribution in [2.24, 2.45) is 11.1 Å². The molecule has 0 spiro atoms. The third-order valence-corrected chi connectivity index (χ3v) is 3.74. The van der Waals surface area contributed by atoms with E-state index in [0.29, 0.717) is 35.8 Å². The third kappa shape index (κ3) is 2.88. The van der Waals surface area contributed by atoms with Crippen molar-refractivity contribution in [1.29, 1.82) is 0 Å². The molecular formula is C14H17ClN2O3. The van der Waals surface area contributed by atoms with Gasteiger partial charge in [-0.15, -0.1) is 0 Å². The molecule has 0 saturated carbocycles. The summed E-state index contributed by atoms with van der Waals surface area (Å²) in [4.78, 5) is 14.3. The number of likely N-dealkylation sites (tertiary alicyclic amines) is 1. The smallest absolute Gasteiger partial charge is 0.257 e. The maximum atomic E-state index is 12.6. The van der Waals surface area contributed by atoms with E-state index in [1.165, 1.54) is 7.11 Å². The standard InChI is InChI=1S/C14H17ClN2O3/c1-9-8-17(6-5-12(9)16-19)14(18)11-7-10(15)3-4-13(11)20-2/h3-4,7,9,19H,5-6,8H2,1-2H3/b16-12-. The first kappa shape index (κ1) is 14.7. The quantitative estimate of drug-likeness (QED) is 0.674. The van der Waals surface area contributed by atoms with Gasteiger partial charge in [-0.25, -0.2) is 0 Å². The highest BCUT2D eigenvalue weighted by Crippen LogP contribution is 2.25. The lowest BCUT2D eigenvalue weighted by Gasteiger charge is -2.31. The average Bonchev–Trinajstić information content (AvgIpc) is 2.46. The fourth-order valence-corrected chi connectivity index (χ4v) is 2.55. The molecule has 1 aliphatic rings. The maximum absolute atomic E-state index is 12.6. The number of benzene rings is 1. The number of carbonyl (C=O) groups excluding carboxylic acids is 1. The van der Waals surface area contributed by atoms with Crippen molar-refractivity contribution in [2.75, 3.05) is 20.2 Å². The highest BCUT2D eigenvalue weighted by molar-refractivity contribution is 6.31. The van der Waals surface area contributed by atoms with Crippen LogP contribution in [0, 0.1) is 5.92 Å². The van der Waals surface area contributed by atoms with Gasteiger partial charge in [0.2, 0.25) is 0 Å². The third-order valence-electron chi connectivity index (χ3n) is 3.51. The lowest BCUT2D eigenvalue weighted by Crippen LogP contribution is -2.43. The predicted octanol–water partition coefficient (Wildman–Crippen LogP) is 2.66. The van der Waals surface area contributed by atoms with Gasteiger partial charge in [-0.05, 0) is 18.2 Å². The van der Waals surface area contributed by atoms with Crippen LogP contribution in [0.25, 0.3) is 0 Å². The van der Waals surface area contributed by atoms with Crippen LogP contribution in [0.4, 0.5) is 0 Å². The molecule has 1 heterocycles. The maximum Gasteiger partial charge on any atom is 0.257 e. The summed E-state index contributed by atoms with van der Waals surface area (Å²) in [6, 6.07) is 4.99. The summed E-state index contributed by atoms with van der Waals surface area (Å²) in [7, 11) is 1.52. The lowest BCUT2D eigenvalue weighted by molar-refractivity contribution is 0.0730. The second kappa shape index (κ2) is 6.13. The molecule has 0 aromatic heterocycles. The summed E-state index contributed by atoms with van der Waals surface area (Å²) in [5, 5.41) is 12.6. The summed E-state index contributed by atoms with van der Waals surface area (Å²) in [5.41, 5.74) is 1.18. The molecule has 20 heavy (non-hydrogen) atoms. The topological polar surface area (TPSA) is 62.1 Å². The normalized spacial score (nSPS) is 21.1. The first-order valence-corrected chi connectivity index (χ1v) is 6.78. The average molecular weight is 297 g/mol. The Morgan fingerprint density at radius 1 is 1.55 bits per heavy atom. The number of hydrogen-bond donors (Lipinski definition) is 1.